The monoisotopic (exact) mass is 466 g/mol. The molecule has 0 atom stereocenters. The van der Waals surface area contributed by atoms with Gasteiger partial charge in [-0.05, 0) is 35.8 Å². The van der Waals surface area contributed by atoms with Gasteiger partial charge in [-0.1, -0.05) is 30.7 Å². The lowest BCUT2D eigenvalue weighted by Crippen LogP contribution is -2.42. The van der Waals surface area contributed by atoms with Gasteiger partial charge < -0.3 is 10.2 Å². The molecule has 0 radical (unpaired) electrons. The van der Waals surface area contributed by atoms with Crippen LogP contribution in [0, 0.1) is 5.41 Å². The average Bonchev–Trinajstić information content (AvgIpc) is 3.25. The Hall–Kier alpha value is -1.64. The lowest BCUT2D eigenvalue weighted by molar-refractivity contribution is 0.151. The number of aromatic nitrogens is 3. The number of likely N-dealkylation sites (tertiary alicyclic amines) is 1. The molecular weight excluding hydrogens is 439 g/mol. The molecule has 1 aromatic heterocycles. The van der Waals surface area contributed by atoms with E-state index in [1.54, 1.807) is 12.7 Å². The van der Waals surface area contributed by atoms with Gasteiger partial charge in [-0.15, -0.1) is 24.0 Å². The zero-order valence-corrected chi connectivity index (χ0v) is 17.6. The summed E-state index contributed by atoms with van der Waals surface area (Å²) in [7, 11) is 1.88. The molecule has 2 aromatic rings. The first-order valence-corrected chi connectivity index (χ1v) is 9.12. The molecule has 1 spiro atoms. The maximum absolute atomic E-state index is 4.50. The van der Waals surface area contributed by atoms with Crippen LogP contribution < -0.4 is 5.32 Å². The summed E-state index contributed by atoms with van der Waals surface area (Å²) >= 11 is 0. The normalized spacial score (nSPS) is 18.5. The van der Waals surface area contributed by atoms with Crippen LogP contribution in [0.1, 0.15) is 36.8 Å². The summed E-state index contributed by atoms with van der Waals surface area (Å²) in [6.45, 7) is 3.84. The van der Waals surface area contributed by atoms with Crippen LogP contribution in [0.5, 0.6) is 0 Å². The smallest absolute Gasteiger partial charge is 0.193 e. The Balaban J connectivity index is 0.00000196. The van der Waals surface area contributed by atoms with E-state index in [2.05, 4.69) is 49.6 Å². The lowest BCUT2D eigenvalue weighted by Gasteiger charge is -2.38. The third-order valence-electron chi connectivity index (χ3n) is 5.62. The number of hydrogen-bond acceptors (Lipinski definition) is 3. The van der Waals surface area contributed by atoms with E-state index in [0.29, 0.717) is 5.41 Å². The van der Waals surface area contributed by atoms with Crippen LogP contribution >= 0.6 is 24.0 Å². The van der Waals surface area contributed by atoms with E-state index in [-0.39, 0.29) is 24.0 Å². The van der Waals surface area contributed by atoms with Crippen molar-refractivity contribution in [3.05, 3.63) is 48.0 Å². The molecule has 0 amide bonds. The number of nitrogens with one attached hydrogen (secondary N) is 1. The molecule has 1 aliphatic heterocycles. The van der Waals surface area contributed by atoms with Gasteiger partial charge in [-0.25, -0.2) is 9.67 Å². The quantitative estimate of drug-likeness (QED) is 0.428. The van der Waals surface area contributed by atoms with Crippen molar-refractivity contribution < 1.29 is 0 Å². The summed E-state index contributed by atoms with van der Waals surface area (Å²) in [6, 6.07) is 8.61. The van der Waals surface area contributed by atoms with E-state index in [1.165, 1.54) is 43.4 Å². The third-order valence-corrected chi connectivity index (χ3v) is 5.62. The summed E-state index contributed by atoms with van der Waals surface area (Å²) in [5.74, 6) is 1.03. The number of aliphatic imine (C=N–C) groups is 1. The van der Waals surface area contributed by atoms with Gasteiger partial charge in [-0.2, -0.15) is 5.10 Å². The standard InChI is InChI=1S/C19H26N6.HI/c1-20-18(24-9-8-19(13-24)6-3-7-19)22-11-16-4-2-5-17(10-16)12-25-15-21-14-23-25;/h2,4-5,10,14-15H,3,6-9,11-13H2,1H3,(H,20,22);1H. The highest BCUT2D eigenvalue weighted by Gasteiger charge is 2.43. The summed E-state index contributed by atoms with van der Waals surface area (Å²) in [6.07, 6.45) is 8.83. The van der Waals surface area contributed by atoms with Crippen molar-refractivity contribution in [2.45, 2.75) is 38.8 Å². The first-order chi connectivity index (χ1) is 12.3. The van der Waals surface area contributed by atoms with Gasteiger partial charge in [0.2, 0.25) is 0 Å². The van der Waals surface area contributed by atoms with Gasteiger partial charge in [0.1, 0.15) is 12.7 Å². The van der Waals surface area contributed by atoms with E-state index in [9.17, 15) is 0 Å². The highest BCUT2D eigenvalue weighted by Crippen LogP contribution is 2.47. The minimum absolute atomic E-state index is 0. The van der Waals surface area contributed by atoms with Gasteiger partial charge in [0.05, 0.1) is 6.54 Å². The molecule has 1 aliphatic carbocycles. The van der Waals surface area contributed by atoms with Crippen LogP contribution in [0.2, 0.25) is 0 Å². The van der Waals surface area contributed by atoms with Crippen LogP contribution in [0.3, 0.4) is 0 Å². The van der Waals surface area contributed by atoms with Gasteiger partial charge in [-0.3, -0.25) is 4.99 Å². The Morgan fingerprint density at radius 3 is 2.77 bits per heavy atom. The predicted molar refractivity (Wildman–Crippen MR) is 114 cm³/mol. The van der Waals surface area contributed by atoms with Gasteiger partial charge in [0.25, 0.3) is 0 Å². The van der Waals surface area contributed by atoms with E-state index < -0.39 is 0 Å². The fourth-order valence-electron chi connectivity index (χ4n) is 4.05. The fourth-order valence-corrected chi connectivity index (χ4v) is 4.05. The van der Waals surface area contributed by atoms with Crippen LogP contribution in [-0.2, 0) is 13.1 Å². The molecule has 2 aliphatic rings. The minimum atomic E-state index is 0. The van der Waals surface area contributed by atoms with Gasteiger partial charge in [0.15, 0.2) is 5.96 Å². The molecule has 4 rings (SSSR count). The van der Waals surface area contributed by atoms with E-state index >= 15 is 0 Å². The number of nitrogens with zero attached hydrogens (tertiary/aromatic N) is 5. The molecule has 1 N–H and O–H groups in total. The molecule has 2 fully saturated rings. The Labute approximate surface area is 172 Å². The Morgan fingerprint density at radius 1 is 1.27 bits per heavy atom. The number of rotatable bonds is 4. The van der Waals surface area contributed by atoms with Crippen LogP contribution in [0.25, 0.3) is 0 Å². The maximum Gasteiger partial charge on any atom is 0.193 e. The van der Waals surface area contributed by atoms with Crippen LogP contribution in [0.15, 0.2) is 41.9 Å². The minimum Gasteiger partial charge on any atom is -0.352 e. The fraction of sp³-hybridized carbons (Fsp3) is 0.526. The Kier molecular flexibility index (Phi) is 6.16. The number of hydrogen-bond donors (Lipinski definition) is 1. The van der Waals surface area contributed by atoms with Crippen LogP contribution in [0.4, 0.5) is 0 Å². The average molecular weight is 466 g/mol. The topological polar surface area (TPSA) is 58.3 Å². The van der Waals surface area contributed by atoms with Crippen molar-refractivity contribution in [3.8, 4) is 0 Å². The second kappa shape index (κ2) is 8.37. The largest absolute Gasteiger partial charge is 0.352 e. The highest BCUT2D eigenvalue weighted by molar-refractivity contribution is 14.0. The first-order valence-electron chi connectivity index (χ1n) is 9.12. The summed E-state index contributed by atoms with van der Waals surface area (Å²) < 4.78 is 1.84. The van der Waals surface area contributed by atoms with E-state index in [4.69, 9.17) is 0 Å². The SMILES string of the molecule is CN=C(NCc1cccc(Cn2cncn2)c1)N1CCC2(CCC2)C1.I. The molecule has 0 bridgehead atoms. The highest BCUT2D eigenvalue weighted by atomic mass is 127. The second-order valence-corrected chi connectivity index (χ2v) is 7.34. The zero-order valence-electron chi connectivity index (χ0n) is 15.3. The molecule has 26 heavy (non-hydrogen) atoms. The number of benzene rings is 1. The van der Waals surface area contributed by atoms with Crippen molar-refractivity contribution in [2.24, 2.45) is 10.4 Å². The Bertz CT molecular complexity index is 738. The molecule has 2 heterocycles. The summed E-state index contributed by atoms with van der Waals surface area (Å²) in [4.78, 5) is 10.9. The lowest BCUT2D eigenvalue weighted by atomic mass is 9.68. The summed E-state index contributed by atoms with van der Waals surface area (Å²) in [5.41, 5.74) is 3.08. The Morgan fingerprint density at radius 2 is 2.12 bits per heavy atom. The van der Waals surface area contributed by atoms with Crippen molar-refractivity contribution in [3.63, 3.8) is 0 Å². The molecule has 1 saturated carbocycles. The van der Waals surface area contributed by atoms with Crippen molar-refractivity contribution in [1.82, 2.24) is 25.0 Å². The van der Waals surface area contributed by atoms with Crippen molar-refractivity contribution >= 4 is 29.9 Å². The maximum atomic E-state index is 4.50. The second-order valence-electron chi connectivity index (χ2n) is 7.34. The predicted octanol–water partition coefficient (Wildman–Crippen LogP) is 2.90. The van der Waals surface area contributed by atoms with E-state index in [0.717, 1.165) is 25.6 Å². The zero-order chi connectivity index (χ0) is 17.1. The molecular formula is C19H27IN6. The molecule has 7 heteroatoms. The van der Waals surface area contributed by atoms with Gasteiger partial charge >= 0.3 is 0 Å². The van der Waals surface area contributed by atoms with Crippen molar-refractivity contribution in [1.29, 1.82) is 0 Å². The third kappa shape index (κ3) is 4.19. The summed E-state index contributed by atoms with van der Waals surface area (Å²) in [5, 5.41) is 7.71. The van der Waals surface area contributed by atoms with Crippen LogP contribution in [-0.4, -0.2) is 45.8 Å². The molecule has 140 valence electrons. The molecule has 6 nitrogen and oxygen atoms in total. The number of guanidine groups is 1. The molecule has 1 aromatic carbocycles. The first kappa shape index (κ1) is 19.1. The molecule has 1 saturated heterocycles. The van der Waals surface area contributed by atoms with E-state index in [1.807, 2.05) is 11.7 Å². The molecule has 0 unspecified atom stereocenters. The number of halogens is 1. The van der Waals surface area contributed by atoms with Gasteiger partial charge in [0, 0.05) is 26.7 Å². The van der Waals surface area contributed by atoms with Crippen molar-refractivity contribution in [2.75, 3.05) is 20.1 Å².